The largest absolute Gasteiger partial charge is 0.494 e. The lowest BCUT2D eigenvalue weighted by Crippen LogP contribution is -2.53. The maximum absolute atomic E-state index is 12.0. The quantitative estimate of drug-likeness (QED) is 0.143. The normalized spacial score (nSPS) is 18.9. The predicted octanol–water partition coefficient (Wildman–Crippen LogP) is 5.46. The monoisotopic (exact) mass is 889 g/mol. The molecule has 3 aliphatic heterocycles. The number of alkyl halides is 2. The van der Waals surface area contributed by atoms with E-state index < -0.39 is 25.3 Å². The summed E-state index contributed by atoms with van der Waals surface area (Å²) in [5.41, 5.74) is 6.39. The number of carbonyl (C=O) groups is 1. The molecule has 2 atom stereocenters. The molecular weight excluding hydrogens is 826 g/mol. The van der Waals surface area contributed by atoms with Crippen LogP contribution in [0.2, 0.25) is 0 Å². The van der Waals surface area contributed by atoms with Crippen molar-refractivity contribution in [1.29, 1.82) is 0 Å². The van der Waals surface area contributed by atoms with Gasteiger partial charge in [-0.25, -0.2) is 16.8 Å². The molecule has 15 heteroatoms. The van der Waals surface area contributed by atoms with Crippen LogP contribution in [0.1, 0.15) is 80.1 Å². The third-order valence-corrected chi connectivity index (χ3v) is 13.2. The molecule has 51 heavy (non-hydrogen) atoms. The van der Waals surface area contributed by atoms with Crippen LogP contribution in [0.25, 0.3) is 0 Å². The smallest absolute Gasteiger partial charge is 0.306 e. The zero-order valence-corrected chi connectivity index (χ0v) is 36.6. The molecule has 0 spiro atoms. The van der Waals surface area contributed by atoms with Crippen molar-refractivity contribution in [2.45, 2.75) is 91.7 Å². The van der Waals surface area contributed by atoms with Crippen molar-refractivity contribution in [1.82, 2.24) is 4.90 Å². The van der Waals surface area contributed by atoms with Gasteiger partial charge in [0.25, 0.3) is 0 Å². The molecule has 0 amide bonds. The van der Waals surface area contributed by atoms with E-state index in [2.05, 4.69) is 79.8 Å². The minimum absolute atomic E-state index is 0.0548. The second-order valence-corrected chi connectivity index (χ2v) is 21.1. The second-order valence-electron chi connectivity index (χ2n) is 14.9. The number of aliphatic hydroxyl groups is 1. The Morgan fingerprint density at radius 3 is 2.04 bits per heavy atom. The molecule has 3 aliphatic rings. The fourth-order valence-electron chi connectivity index (χ4n) is 6.35. The van der Waals surface area contributed by atoms with Gasteiger partial charge < -0.3 is 30.1 Å². The van der Waals surface area contributed by atoms with Gasteiger partial charge in [-0.15, -0.1) is 0 Å². The molecule has 298 valence electrons. The molecule has 2 bridgehead atoms. The zero-order chi connectivity index (χ0) is 38.7. The van der Waals surface area contributed by atoms with E-state index >= 15 is 0 Å². The summed E-state index contributed by atoms with van der Waals surface area (Å²) in [5, 5.41) is 9.62. The van der Waals surface area contributed by atoms with Crippen molar-refractivity contribution >= 4 is 63.2 Å². The van der Waals surface area contributed by atoms with Crippen molar-refractivity contribution in [2.24, 2.45) is 17.1 Å². The van der Waals surface area contributed by atoms with Crippen molar-refractivity contribution in [2.75, 3.05) is 84.5 Å². The second kappa shape index (κ2) is 23.7. The van der Waals surface area contributed by atoms with Gasteiger partial charge in [0.05, 0.1) is 29.6 Å². The van der Waals surface area contributed by atoms with Crippen LogP contribution in [-0.4, -0.2) is 124 Å². The van der Waals surface area contributed by atoms with Gasteiger partial charge in [-0.2, -0.15) is 0 Å². The molecule has 3 heterocycles. The van der Waals surface area contributed by atoms with Crippen molar-refractivity contribution in [3.8, 4) is 5.75 Å². The van der Waals surface area contributed by atoms with Crippen molar-refractivity contribution < 1.29 is 36.2 Å². The Hall–Kier alpha value is -0.970. The number of rotatable bonds is 18. The Kier molecular flexibility index (Phi) is 22.4. The molecule has 0 aromatic heterocycles. The number of fused-ring (bicyclic) bond motifs is 4. The van der Waals surface area contributed by atoms with Crippen LogP contribution in [-0.2, 0) is 29.2 Å². The number of nitrogens with two attached hydrogens (primary N) is 1. The maximum Gasteiger partial charge on any atom is 0.306 e. The molecule has 0 saturated carbocycles. The predicted molar refractivity (Wildman–Crippen MR) is 217 cm³/mol. The number of ether oxygens (including phenoxy) is 2. The first kappa shape index (κ1) is 48.0. The third kappa shape index (κ3) is 20.3. The molecule has 0 unspecified atom stereocenters. The van der Waals surface area contributed by atoms with Crippen molar-refractivity contribution in [3.63, 3.8) is 0 Å². The number of sulfone groups is 2. The lowest BCUT2D eigenvalue weighted by molar-refractivity contribution is -0.154. The number of anilines is 1. The minimum atomic E-state index is -3.02. The van der Waals surface area contributed by atoms with Gasteiger partial charge in [-0.1, -0.05) is 45.7 Å². The molecule has 1 aromatic carbocycles. The number of hydrogen-bond acceptors (Lipinski definition) is 11. The van der Waals surface area contributed by atoms with Crippen LogP contribution in [0.3, 0.4) is 0 Å². The van der Waals surface area contributed by atoms with Crippen LogP contribution >= 0.6 is 31.9 Å². The van der Waals surface area contributed by atoms with Gasteiger partial charge >= 0.3 is 5.97 Å². The number of esters is 1. The van der Waals surface area contributed by atoms with Crippen LogP contribution in [0.5, 0.6) is 5.75 Å². The topological polar surface area (TPSA) is 157 Å². The summed E-state index contributed by atoms with van der Waals surface area (Å²) in [6.45, 7) is 17.2. The minimum Gasteiger partial charge on any atom is -0.494 e. The summed E-state index contributed by atoms with van der Waals surface area (Å²) in [5.74, 6) is 1.73. The Bertz CT molecular complexity index is 1340. The maximum atomic E-state index is 12.0. The average molecular weight is 892 g/mol. The van der Waals surface area contributed by atoms with E-state index in [1.165, 1.54) is 12.1 Å². The summed E-state index contributed by atoms with van der Waals surface area (Å²) in [4.78, 5) is 16.4. The molecular formula is C36H65Br2N3O8S2. The third-order valence-electron chi connectivity index (χ3n) is 8.47. The molecule has 3 fully saturated rings. The Labute approximate surface area is 325 Å². The van der Waals surface area contributed by atoms with Gasteiger partial charge in [0.2, 0.25) is 0 Å². The van der Waals surface area contributed by atoms with Gasteiger partial charge in [-0.05, 0) is 102 Å². The Balaban J connectivity index is 0.000000501. The summed E-state index contributed by atoms with van der Waals surface area (Å²) in [6.07, 6.45) is 3.86. The number of hydrogen-bond donors (Lipinski definition) is 2. The highest BCUT2D eigenvalue weighted by molar-refractivity contribution is 9.09. The molecule has 0 aliphatic carbocycles. The zero-order valence-electron chi connectivity index (χ0n) is 31.7. The fraction of sp³-hybridized carbons (Fsp3) is 0.806. The van der Waals surface area contributed by atoms with Crippen molar-refractivity contribution in [3.05, 3.63) is 24.3 Å². The van der Waals surface area contributed by atoms with E-state index in [0.29, 0.717) is 49.8 Å². The number of nitrogens with zero attached hydrogens (tertiary/aromatic N) is 2. The number of carbonyl (C=O) groups excluding carboxylic acids is 1. The van der Waals surface area contributed by atoms with E-state index in [1.54, 1.807) is 20.8 Å². The van der Waals surface area contributed by atoms with Gasteiger partial charge in [0.1, 0.15) is 21.2 Å². The van der Waals surface area contributed by atoms with E-state index in [1.807, 2.05) is 6.92 Å². The van der Waals surface area contributed by atoms with Crippen LogP contribution in [0.15, 0.2) is 24.3 Å². The molecule has 4 rings (SSSR count). The van der Waals surface area contributed by atoms with Gasteiger partial charge in [0.15, 0.2) is 9.84 Å². The van der Waals surface area contributed by atoms with Crippen LogP contribution in [0, 0.1) is 11.3 Å². The lowest BCUT2D eigenvalue weighted by atomic mass is 9.73. The number of piperidine rings is 1. The number of aliphatic hydroxyl groups excluding tert-OH is 1. The molecule has 3 N–H and O–H groups in total. The van der Waals surface area contributed by atoms with E-state index in [-0.39, 0.29) is 47.4 Å². The highest BCUT2D eigenvalue weighted by Crippen LogP contribution is 2.43. The van der Waals surface area contributed by atoms with Gasteiger partial charge in [0, 0.05) is 61.6 Å². The molecule has 0 radical (unpaired) electrons. The first-order valence-corrected chi connectivity index (χ1v) is 24.0. The van der Waals surface area contributed by atoms with Gasteiger partial charge in [-0.3, -0.25) is 4.79 Å². The van der Waals surface area contributed by atoms with Crippen LogP contribution < -0.4 is 15.4 Å². The summed E-state index contributed by atoms with van der Waals surface area (Å²) in [6, 6.07) is 8.88. The lowest BCUT2D eigenvalue weighted by Gasteiger charge is -2.48. The number of halogens is 2. The SMILES string of the molecule is CC(C)(C)OC(=O)CCCS(=O)(=O)CCCBr.CCOc1ccc(N2C[C@H]3CN(CCCS(=O)(=O)CCN)C[C@@H]2C(C)(C)C3)cc1.OCCCBr. The number of benzene rings is 1. The first-order chi connectivity index (χ1) is 23.8. The summed E-state index contributed by atoms with van der Waals surface area (Å²) in [7, 11) is -6.03. The first-order valence-electron chi connectivity index (χ1n) is 18.1. The molecule has 1 aromatic rings. The Morgan fingerprint density at radius 1 is 0.922 bits per heavy atom. The molecule has 3 saturated heterocycles. The van der Waals surface area contributed by atoms with E-state index in [4.69, 9.17) is 20.3 Å². The standard InChI is InChI=1S/C22H37N3O3S.C11H21BrO4S.C3H7BrO/c1-4-28-20-8-6-19(7-9-20)25-16-18-14-22(2,3)21(25)17-24(15-18)11-5-12-29(26,27)13-10-23;1-11(2,3)16-10(13)6-4-8-17(14,15)9-5-7-12;4-2-1-3-5/h6-9,18,21H,4-5,10-17,23H2,1-3H3;4-9H2,1-3H3;5H,1-3H2/t18-,21-;;/m1../s1. The van der Waals surface area contributed by atoms with E-state index in [9.17, 15) is 21.6 Å². The highest BCUT2D eigenvalue weighted by Gasteiger charge is 2.45. The Morgan fingerprint density at radius 2 is 1.51 bits per heavy atom. The highest BCUT2D eigenvalue weighted by atomic mass is 79.9. The summed E-state index contributed by atoms with van der Waals surface area (Å²) >= 11 is 6.34. The average Bonchev–Trinajstić information content (AvgIpc) is 3.27. The molecule has 11 nitrogen and oxygen atoms in total. The fourth-order valence-corrected chi connectivity index (χ4v) is 9.75. The summed E-state index contributed by atoms with van der Waals surface area (Å²) < 4.78 is 57.6. The van der Waals surface area contributed by atoms with Crippen LogP contribution in [0.4, 0.5) is 5.69 Å². The van der Waals surface area contributed by atoms with E-state index in [0.717, 1.165) is 43.7 Å².